The van der Waals surface area contributed by atoms with Crippen LogP contribution in [-0.2, 0) is 6.18 Å². The lowest BCUT2D eigenvalue weighted by Gasteiger charge is -2.37. The zero-order chi connectivity index (χ0) is 15.8. The highest BCUT2D eigenvalue weighted by molar-refractivity contribution is 5.36. The summed E-state index contributed by atoms with van der Waals surface area (Å²) >= 11 is 0. The maximum Gasteiger partial charge on any atom is 0.416 e. The van der Waals surface area contributed by atoms with Crippen molar-refractivity contribution in [3.05, 3.63) is 34.9 Å². The van der Waals surface area contributed by atoms with Crippen LogP contribution in [0.2, 0.25) is 0 Å². The number of rotatable bonds is 1. The number of hydrogen-bond acceptors (Lipinski definition) is 0. The van der Waals surface area contributed by atoms with E-state index in [1.54, 1.807) is 19.1 Å². The van der Waals surface area contributed by atoms with Crippen LogP contribution in [0.15, 0.2) is 18.2 Å². The first-order chi connectivity index (χ1) is 9.59. The van der Waals surface area contributed by atoms with Gasteiger partial charge in [0.25, 0.3) is 0 Å². The molecule has 0 nitrogen and oxygen atoms in total. The number of halogens is 3. The van der Waals surface area contributed by atoms with Crippen molar-refractivity contribution in [2.75, 3.05) is 0 Å². The minimum Gasteiger partial charge on any atom is -0.166 e. The number of aryl methyl sites for hydroxylation is 1. The Bertz CT molecular complexity index is 486. The minimum absolute atomic E-state index is 0.0563. The van der Waals surface area contributed by atoms with Crippen molar-refractivity contribution >= 4 is 0 Å². The fraction of sp³-hybridized carbons (Fsp3) is 0.667. The molecule has 1 aliphatic rings. The van der Waals surface area contributed by atoms with Crippen molar-refractivity contribution in [2.45, 2.75) is 65.5 Å². The summed E-state index contributed by atoms with van der Waals surface area (Å²) < 4.78 is 39.7. The van der Waals surface area contributed by atoms with Crippen molar-refractivity contribution < 1.29 is 13.2 Å². The van der Waals surface area contributed by atoms with Crippen LogP contribution in [0.25, 0.3) is 0 Å². The fourth-order valence-corrected chi connectivity index (χ4v) is 3.54. The Hall–Kier alpha value is -0.990. The molecule has 0 unspecified atom stereocenters. The molecular formula is C18H25F3. The lowest BCUT2D eigenvalue weighted by Crippen LogP contribution is -2.26. The van der Waals surface area contributed by atoms with Gasteiger partial charge < -0.3 is 0 Å². The fourth-order valence-electron chi connectivity index (χ4n) is 3.54. The first-order valence-corrected chi connectivity index (χ1v) is 7.77. The second kappa shape index (κ2) is 5.66. The molecule has 1 fully saturated rings. The number of hydrogen-bond donors (Lipinski definition) is 0. The molecule has 1 aromatic carbocycles. The largest absolute Gasteiger partial charge is 0.416 e. The molecule has 3 heteroatoms. The molecule has 1 aromatic rings. The van der Waals surface area contributed by atoms with Gasteiger partial charge in [-0.1, -0.05) is 38.5 Å². The van der Waals surface area contributed by atoms with E-state index in [9.17, 15) is 13.2 Å². The topological polar surface area (TPSA) is 0 Å². The van der Waals surface area contributed by atoms with Gasteiger partial charge in [0.15, 0.2) is 0 Å². The summed E-state index contributed by atoms with van der Waals surface area (Å²) in [6.07, 6.45) is -0.455. The van der Waals surface area contributed by atoms with Crippen LogP contribution in [0.3, 0.4) is 0 Å². The van der Waals surface area contributed by atoms with E-state index in [4.69, 9.17) is 0 Å². The highest BCUT2D eigenvalue weighted by Crippen LogP contribution is 2.46. The van der Waals surface area contributed by atoms with E-state index in [2.05, 4.69) is 20.8 Å². The van der Waals surface area contributed by atoms with E-state index in [1.807, 2.05) is 0 Å². The molecule has 2 rings (SSSR count). The van der Waals surface area contributed by atoms with Crippen molar-refractivity contribution in [2.24, 2.45) is 11.3 Å². The first-order valence-electron chi connectivity index (χ1n) is 7.77. The summed E-state index contributed by atoms with van der Waals surface area (Å²) in [6.45, 7) is 8.40. The average Bonchev–Trinajstić information content (AvgIpc) is 2.37. The third kappa shape index (κ3) is 3.81. The van der Waals surface area contributed by atoms with E-state index >= 15 is 0 Å². The highest BCUT2D eigenvalue weighted by atomic mass is 19.4. The van der Waals surface area contributed by atoms with Gasteiger partial charge in [-0.05, 0) is 61.5 Å². The van der Waals surface area contributed by atoms with Gasteiger partial charge >= 0.3 is 6.18 Å². The maximum atomic E-state index is 13.2. The van der Waals surface area contributed by atoms with E-state index in [0.717, 1.165) is 25.7 Å². The molecule has 21 heavy (non-hydrogen) atoms. The smallest absolute Gasteiger partial charge is 0.166 e. The Morgan fingerprint density at radius 2 is 1.52 bits per heavy atom. The van der Waals surface area contributed by atoms with Gasteiger partial charge in [-0.25, -0.2) is 0 Å². The van der Waals surface area contributed by atoms with E-state index < -0.39 is 11.7 Å². The SMILES string of the molecule is Cc1ccc(C2CCC(C(C)(C)C)CC2)c(C(F)(F)F)c1. The molecule has 0 aromatic heterocycles. The highest BCUT2D eigenvalue weighted by Gasteiger charge is 2.37. The van der Waals surface area contributed by atoms with Gasteiger partial charge in [-0.15, -0.1) is 0 Å². The lowest BCUT2D eigenvalue weighted by molar-refractivity contribution is -0.138. The molecule has 0 radical (unpaired) electrons. The molecular weight excluding hydrogens is 273 g/mol. The van der Waals surface area contributed by atoms with Crippen LogP contribution in [-0.4, -0.2) is 0 Å². The van der Waals surface area contributed by atoms with Crippen LogP contribution >= 0.6 is 0 Å². The predicted molar refractivity (Wildman–Crippen MR) is 80.3 cm³/mol. The second-order valence-corrected chi connectivity index (χ2v) is 7.50. The summed E-state index contributed by atoms with van der Waals surface area (Å²) in [7, 11) is 0. The van der Waals surface area contributed by atoms with Crippen LogP contribution in [0.4, 0.5) is 13.2 Å². The van der Waals surface area contributed by atoms with Crippen molar-refractivity contribution in [3.8, 4) is 0 Å². The zero-order valence-corrected chi connectivity index (χ0v) is 13.3. The zero-order valence-electron chi connectivity index (χ0n) is 13.3. The van der Waals surface area contributed by atoms with Crippen molar-refractivity contribution in [1.82, 2.24) is 0 Å². The lowest BCUT2D eigenvalue weighted by atomic mass is 9.68. The second-order valence-electron chi connectivity index (χ2n) is 7.50. The van der Waals surface area contributed by atoms with Crippen LogP contribution in [0, 0.1) is 18.3 Å². The average molecular weight is 298 g/mol. The Morgan fingerprint density at radius 3 is 2.00 bits per heavy atom. The molecule has 1 saturated carbocycles. The maximum absolute atomic E-state index is 13.2. The summed E-state index contributed by atoms with van der Waals surface area (Å²) in [5.74, 6) is 0.675. The number of alkyl halides is 3. The molecule has 1 aliphatic carbocycles. The normalized spacial score (nSPS) is 24.1. The Morgan fingerprint density at radius 1 is 0.952 bits per heavy atom. The molecule has 0 saturated heterocycles. The Balaban J connectivity index is 2.21. The van der Waals surface area contributed by atoms with Crippen molar-refractivity contribution in [3.63, 3.8) is 0 Å². The molecule has 0 amide bonds. The van der Waals surface area contributed by atoms with Gasteiger partial charge in [-0.2, -0.15) is 13.2 Å². The Kier molecular flexibility index (Phi) is 4.41. The minimum atomic E-state index is -4.25. The van der Waals surface area contributed by atoms with Gasteiger partial charge in [0, 0.05) is 0 Å². The van der Waals surface area contributed by atoms with Crippen LogP contribution < -0.4 is 0 Å². The molecule has 0 bridgehead atoms. The van der Waals surface area contributed by atoms with Gasteiger partial charge in [0.1, 0.15) is 0 Å². The van der Waals surface area contributed by atoms with Gasteiger partial charge in [-0.3, -0.25) is 0 Å². The first kappa shape index (κ1) is 16.4. The third-order valence-electron chi connectivity index (χ3n) is 4.91. The van der Waals surface area contributed by atoms with Gasteiger partial charge in [0.2, 0.25) is 0 Å². The molecule has 0 N–H and O–H groups in total. The van der Waals surface area contributed by atoms with E-state index in [-0.39, 0.29) is 11.3 Å². The molecule has 0 spiro atoms. The van der Waals surface area contributed by atoms with Crippen molar-refractivity contribution in [1.29, 1.82) is 0 Å². The number of benzene rings is 1. The summed E-state index contributed by atoms with van der Waals surface area (Å²) in [5.41, 5.74) is 1.00. The summed E-state index contributed by atoms with van der Waals surface area (Å²) in [4.78, 5) is 0. The molecule has 118 valence electrons. The molecule has 0 heterocycles. The standard InChI is InChI=1S/C18H25F3/c1-12-5-10-15(16(11-12)18(19,20)21)13-6-8-14(9-7-13)17(2,3)4/h5,10-11,13-14H,6-9H2,1-4H3. The monoisotopic (exact) mass is 298 g/mol. The summed E-state index contributed by atoms with van der Waals surface area (Å²) in [6, 6.07) is 4.80. The van der Waals surface area contributed by atoms with E-state index in [1.165, 1.54) is 6.07 Å². The molecule has 0 atom stereocenters. The summed E-state index contributed by atoms with van der Waals surface area (Å²) in [5, 5.41) is 0. The third-order valence-corrected chi connectivity index (χ3v) is 4.91. The van der Waals surface area contributed by atoms with Crippen LogP contribution in [0.5, 0.6) is 0 Å². The predicted octanol–water partition coefficient (Wildman–Crippen LogP) is 6.33. The molecule has 0 aliphatic heterocycles. The van der Waals surface area contributed by atoms with Gasteiger partial charge in [0.05, 0.1) is 5.56 Å². The quantitative estimate of drug-likeness (QED) is 0.568. The van der Waals surface area contributed by atoms with Crippen LogP contribution in [0.1, 0.15) is 69.1 Å². The Labute approximate surface area is 125 Å². The van der Waals surface area contributed by atoms with E-state index in [0.29, 0.717) is 17.0 Å².